The van der Waals surface area contributed by atoms with Gasteiger partial charge in [-0.1, -0.05) is 6.92 Å². The summed E-state index contributed by atoms with van der Waals surface area (Å²) < 4.78 is 0. The Balaban J connectivity index is 2.57. The third kappa shape index (κ3) is 2.00. The van der Waals surface area contributed by atoms with Crippen LogP contribution >= 0.6 is 0 Å². The molecule has 1 saturated heterocycles. The van der Waals surface area contributed by atoms with Gasteiger partial charge in [-0.05, 0) is 13.3 Å². The number of nitriles is 1. The summed E-state index contributed by atoms with van der Waals surface area (Å²) in [4.78, 5) is 13.2. The van der Waals surface area contributed by atoms with E-state index in [0.29, 0.717) is 6.42 Å². The minimum atomic E-state index is 0.0560. The lowest BCUT2D eigenvalue weighted by molar-refractivity contribution is -0.127. The second-order valence-electron chi connectivity index (χ2n) is 3.54. The molecule has 2 unspecified atom stereocenters. The van der Waals surface area contributed by atoms with Gasteiger partial charge in [0, 0.05) is 25.4 Å². The molecule has 0 aromatic rings. The highest BCUT2D eigenvalue weighted by atomic mass is 16.2. The third-order valence-electron chi connectivity index (χ3n) is 2.80. The van der Waals surface area contributed by atoms with E-state index in [1.807, 2.05) is 18.7 Å². The van der Waals surface area contributed by atoms with Gasteiger partial charge in [-0.25, -0.2) is 0 Å². The van der Waals surface area contributed by atoms with Crippen LogP contribution in [0.2, 0.25) is 0 Å². The first-order valence-corrected chi connectivity index (χ1v) is 4.90. The molecule has 3 nitrogen and oxygen atoms in total. The zero-order valence-electron chi connectivity index (χ0n) is 8.29. The van der Waals surface area contributed by atoms with Crippen LogP contribution in [-0.2, 0) is 4.79 Å². The van der Waals surface area contributed by atoms with Gasteiger partial charge >= 0.3 is 0 Å². The maximum atomic E-state index is 11.4. The van der Waals surface area contributed by atoms with Crippen molar-refractivity contribution in [3.05, 3.63) is 0 Å². The second-order valence-corrected chi connectivity index (χ2v) is 3.54. The van der Waals surface area contributed by atoms with Gasteiger partial charge < -0.3 is 4.90 Å². The van der Waals surface area contributed by atoms with Gasteiger partial charge in [-0.15, -0.1) is 0 Å². The number of likely N-dealkylation sites (tertiary alicyclic amines) is 1. The number of carbonyl (C=O) groups is 1. The Bertz CT molecular complexity index is 232. The largest absolute Gasteiger partial charge is 0.343 e. The van der Waals surface area contributed by atoms with Crippen LogP contribution in [0.1, 0.15) is 26.7 Å². The average molecular weight is 180 g/mol. The van der Waals surface area contributed by atoms with Gasteiger partial charge in [0.15, 0.2) is 0 Å². The van der Waals surface area contributed by atoms with Gasteiger partial charge in [-0.2, -0.15) is 5.26 Å². The molecule has 0 aromatic carbocycles. The first-order valence-electron chi connectivity index (χ1n) is 4.90. The molecule has 3 heteroatoms. The molecule has 0 radical (unpaired) electrons. The van der Waals surface area contributed by atoms with Crippen molar-refractivity contribution in [3.63, 3.8) is 0 Å². The quantitative estimate of drug-likeness (QED) is 0.659. The van der Waals surface area contributed by atoms with E-state index in [2.05, 4.69) is 6.07 Å². The first-order chi connectivity index (χ1) is 6.22. The number of rotatable bonds is 3. The number of hydrogen-bond donors (Lipinski definition) is 0. The van der Waals surface area contributed by atoms with Crippen molar-refractivity contribution < 1.29 is 4.79 Å². The Labute approximate surface area is 79.3 Å². The lowest BCUT2D eigenvalue weighted by Crippen LogP contribution is -2.25. The predicted molar refractivity (Wildman–Crippen MR) is 49.8 cm³/mol. The normalized spacial score (nSPS) is 24.5. The zero-order valence-corrected chi connectivity index (χ0v) is 8.29. The van der Waals surface area contributed by atoms with Crippen molar-refractivity contribution in [2.24, 2.45) is 11.8 Å². The lowest BCUT2D eigenvalue weighted by Gasteiger charge is -2.15. The van der Waals surface area contributed by atoms with Crippen molar-refractivity contribution in [1.29, 1.82) is 5.26 Å². The van der Waals surface area contributed by atoms with Gasteiger partial charge in [0.2, 0.25) is 5.91 Å². The molecule has 0 spiro atoms. The van der Waals surface area contributed by atoms with Crippen molar-refractivity contribution in [1.82, 2.24) is 4.90 Å². The van der Waals surface area contributed by atoms with E-state index in [-0.39, 0.29) is 17.7 Å². The minimum Gasteiger partial charge on any atom is -0.343 e. The van der Waals surface area contributed by atoms with Crippen LogP contribution in [0.25, 0.3) is 0 Å². The molecule has 1 aliphatic rings. The zero-order chi connectivity index (χ0) is 9.84. The van der Waals surface area contributed by atoms with Crippen LogP contribution in [0.5, 0.6) is 0 Å². The summed E-state index contributed by atoms with van der Waals surface area (Å²) in [5, 5.41) is 8.85. The van der Waals surface area contributed by atoms with Crippen molar-refractivity contribution in [3.8, 4) is 6.07 Å². The Morgan fingerprint density at radius 3 is 2.77 bits per heavy atom. The molecule has 72 valence electrons. The molecule has 1 amide bonds. The van der Waals surface area contributed by atoms with Crippen molar-refractivity contribution >= 4 is 5.91 Å². The van der Waals surface area contributed by atoms with Crippen LogP contribution in [-0.4, -0.2) is 23.9 Å². The predicted octanol–water partition coefficient (Wildman–Crippen LogP) is 1.40. The Hall–Kier alpha value is -1.04. The average Bonchev–Trinajstić information content (AvgIpc) is 2.49. The van der Waals surface area contributed by atoms with Crippen molar-refractivity contribution in [2.45, 2.75) is 26.7 Å². The molecule has 13 heavy (non-hydrogen) atoms. The van der Waals surface area contributed by atoms with E-state index >= 15 is 0 Å². The van der Waals surface area contributed by atoms with E-state index in [1.165, 1.54) is 0 Å². The van der Waals surface area contributed by atoms with Crippen LogP contribution in [0.15, 0.2) is 0 Å². The Morgan fingerprint density at radius 2 is 2.38 bits per heavy atom. The highest BCUT2D eigenvalue weighted by Crippen LogP contribution is 2.26. The van der Waals surface area contributed by atoms with E-state index in [4.69, 9.17) is 5.26 Å². The van der Waals surface area contributed by atoms with E-state index in [9.17, 15) is 4.79 Å². The molecule has 0 aromatic heterocycles. The first kappa shape index (κ1) is 10.0. The van der Waals surface area contributed by atoms with Crippen molar-refractivity contribution in [2.75, 3.05) is 13.1 Å². The van der Waals surface area contributed by atoms with Gasteiger partial charge in [0.25, 0.3) is 0 Å². The Morgan fingerprint density at radius 1 is 1.69 bits per heavy atom. The summed E-state index contributed by atoms with van der Waals surface area (Å²) >= 11 is 0. The molecule has 1 fully saturated rings. The number of nitrogens with zero attached hydrogens (tertiary/aromatic N) is 2. The number of amides is 1. The summed E-state index contributed by atoms with van der Waals surface area (Å²) in [7, 11) is 0. The topological polar surface area (TPSA) is 44.1 Å². The van der Waals surface area contributed by atoms with Gasteiger partial charge in [-0.3, -0.25) is 4.79 Å². The summed E-state index contributed by atoms with van der Waals surface area (Å²) in [5.41, 5.74) is 0. The van der Waals surface area contributed by atoms with E-state index in [0.717, 1.165) is 19.5 Å². The van der Waals surface area contributed by atoms with E-state index in [1.54, 1.807) is 0 Å². The fourth-order valence-corrected chi connectivity index (χ4v) is 1.91. The van der Waals surface area contributed by atoms with Gasteiger partial charge in [0.05, 0.1) is 12.0 Å². The van der Waals surface area contributed by atoms with Crippen LogP contribution in [0.3, 0.4) is 0 Å². The number of hydrogen-bond acceptors (Lipinski definition) is 2. The van der Waals surface area contributed by atoms with Crippen LogP contribution in [0, 0.1) is 23.2 Å². The molecular formula is C10H16N2O. The molecule has 1 aliphatic heterocycles. The molecule has 0 aliphatic carbocycles. The van der Waals surface area contributed by atoms with Crippen LogP contribution in [0.4, 0.5) is 0 Å². The smallest absolute Gasteiger partial charge is 0.222 e. The molecule has 2 atom stereocenters. The summed E-state index contributed by atoms with van der Waals surface area (Å²) in [5.74, 6) is 0.532. The fourth-order valence-electron chi connectivity index (χ4n) is 1.91. The highest BCUT2D eigenvalue weighted by molar-refractivity contribution is 5.78. The summed E-state index contributed by atoms with van der Waals surface area (Å²) in [6.07, 6.45) is 1.42. The van der Waals surface area contributed by atoms with Crippen LogP contribution < -0.4 is 0 Å². The molecule has 0 N–H and O–H groups in total. The lowest BCUT2D eigenvalue weighted by atomic mass is 9.91. The Kier molecular flexibility index (Phi) is 3.30. The maximum Gasteiger partial charge on any atom is 0.222 e. The third-order valence-corrected chi connectivity index (χ3v) is 2.80. The molecule has 0 saturated carbocycles. The SMILES string of the molecule is CCC(C#N)C1CC(=O)N(CC)C1. The van der Waals surface area contributed by atoms with Gasteiger partial charge in [0.1, 0.15) is 0 Å². The summed E-state index contributed by atoms with van der Waals surface area (Å²) in [6.45, 7) is 5.54. The maximum absolute atomic E-state index is 11.4. The van der Waals surface area contributed by atoms with E-state index < -0.39 is 0 Å². The summed E-state index contributed by atoms with van der Waals surface area (Å²) in [6, 6.07) is 2.28. The molecule has 1 rings (SSSR count). The minimum absolute atomic E-state index is 0.0560. The monoisotopic (exact) mass is 180 g/mol. The molecule has 0 bridgehead atoms. The standard InChI is InChI=1S/C10H16N2O/c1-3-8(6-11)9-5-10(13)12(4-2)7-9/h8-9H,3-5,7H2,1-2H3. The fraction of sp³-hybridized carbons (Fsp3) is 0.800. The highest BCUT2D eigenvalue weighted by Gasteiger charge is 2.33. The molecule has 1 heterocycles. The second kappa shape index (κ2) is 4.27. The number of carbonyl (C=O) groups excluding carboxylic acids is 1. The molecular weight excluding hydrogens is 164 g/mol.